The van der Waals surface area contributed by atoms with Gasteiger partial charge in [0, 0.05) is 0 Å². The van der Waals surface area contributed by atoms with Crippen molar-refractivity contribution in [3.05, 3.63) is 65.5 Å². The maximum Gasteiger partial charge on any atom is 0.165 e. The van der Waals surface area contributed by atoms with Gasteiger partial charge in [0.25, 0.3) is 0 Å². The molecule has 1 nitrogen and oxygen atoms in total. The highest BCUT2D eigenvalue weighted by atomic mass is 19.1. The summed E-state index contributed by atoms with van der Waals surface area (Å²) in [5.74, 6) is 0.0173. The minimum Gasteiger partial charge on any atom is -0.488 e. The summed E-state index contributed by atoms with van der Waals surface area (Å²) in [6.07, 6.45) is 5.00. The van der Waals surface area contributed by atoms with Crippen LogP contribution in [0.1, 0.15) is 51.7 Å². The molecule has 0 bridgehead atoms. The van der Waals surface area contributed by atoms with E-state index < -0.39 is 0 Å². The van der Waals surface area contributed by atoms with E-state index >= 15 is 0 Å². The van der Waals surface area contributed by atoms with Crippen molar-refractivity contribution in [3.8, 4) is 5.75 Å². The molecule has 0 aliphatic rings. The molecule has 0 saturated heterocycles. The van der Waals surface area contributed by atoms with Crippen molar-refractivity contribution in [2.45, 2.75) is 59.5 Å². The summed E-state index contributed by atoms with van der Waals surface area (Å²) in [5.41, 5.74) is 2.92. The molecular formula is C21H29FO. The van der Waals surface area contributed by atoms with Gasteiger partial charge < -0.3 is 4.74 Å². The molecule has 126 valence electrons. The summed E-state index contributed by atoms with van der Waals surface area (Å²) in [5, 5.41) is 0. The second kappa shape index (κ2) is 10.8. The van der Waals surface area contributed by atoms with E-state index in [9.17, 15) is 4.39 Å². The summed E-state index contributed by atoms with van der Waals surface area (Å²) < 4.78 is 18.0. The first-order chi connectivity index (χ1) is 11.1. The molecule has 2 aromatic rings. The smallest absolute Gasteiger partial charge is 0.165 e. The van der Waals surface area contributed by atoms with Gasteiger partial charge in [-0.05, 0) is 56.4 Å². The third-order valence-electron chi connectivity index (χ3n) is 3.45. The Morgan fingerprint density at radius 3 is 2.04 bits per heavy atom. The number of benzene rings is 2. The molecule has 0 fully saturated rings. The predicted molar refractivity (Wildman–Crippen MR) is 96.6 cm³/mol. The molecule has 0 atom stereocenters. The molecule has 0 spiro atoms. The van der Waals surface area contributed by atoms with E-state index in [4.69, 9.17) is 4.74 Å². The molecule has 0 radical (unpaired) electrons. The normalized spacial score (nSPS) is 10.2. The molecule has 23 heavy (non-hydrogen) atoms. The summed E-state index contributed by atoms with van der Waals surface area (Å²) in [7, 11) is 0. The van der Waals surface area contributed by atoms with Crippen LogP contribution in [0.4, 0.5) is 4.39 Å². The van der Waals surface area contributed by atoms with Gasteiger partial charge >= 0.3 is 0 Å². The van der Waals surface area contributed by atoms with E-state index in [0.29, 0.717) is 5.75 Å². The Hall–Kier alpha value is -1.83. The Kier molecular flexibility index (Phi) is 9.04. The quantitative estimate of drug-likeness (QED) is 0.616. The molecule has 2 rings (SSSR count). The summed E-state index contributed by atoms with van der Waals surface area (Å²) >= 11 is 0. The first kappa shape index (κ1) is 19.2. The summed E-state index contributed by atoms with van der Waals surface area (Å²) in [4.78, 5) is 0. The largest absolute Gasteiger partial charge is 0.488 e. The van der Waals surface area contributed by atoms with Crippen LogP contribution in [0.2, 0.25) is 0 Å². The first-order valence-corrected chi connectivity index (χ1v) is 8.55. The zero-order valence-electron chi connectivity index (χ0n) is 14.8. The molecule has 2 aromatic carbocycles. The SMILES string of the molecule is CC(C)Oc1ccccc1F.CCCCc1ccc(CC)cc1. The van der Waals surface area contributed by atoms with Crippen LogP contribution in [0, 0.1) is 5.82 Å². The van der Waals surface area contributed by atoms with Crippen molar-refractivity contribution in [1.29, 1.82) is 0 Å². The molecule has 0 amide bonds. The monoisotopic (exact) mass is 316 g/mol. The molecule has 0 heterocycles. The van der Waals surface area contributed by atoms with E-state index in [2.05, 4.69) is 38.1 Å². The van der Waals surface area contributed by atoms with Crippen molar-refractivity contribution in [1.82, 2.24) is 0 Å². The van der Waals surface area contributed by atoms with Crippen molar-refractivity contribution >= 4 is 0 Å². The average molecular weight is 316 g/mol. The number of hydrogen-bond acceptors (Lipinski definition) is 1. The number of aryl methyl sites for hydroxylation is 2. The maximum atomic E-state index is 12.8. The Bertz CT molecular complexity index is 546. The highest BCUT2D eigenvalue weighted by molar-refractivity contribution is 5.24. The van der Waals surface area contributed by atoms with Crippen LogP contribution < -0.4 is 4.74 Å². The zero-order valence-corrected chi connectivity index (χ0v) is 14.8. The summed E-state index contributed by atoms with van der Waals surface area (Å²) in [6, 6.07) is 15.4. The van der Waals surface area contributed by atoms with E-state index in [1.54, 1.807) is 18.2 Å². The Morgan fingerprint density at radius 1 is 0.913 bits per heavy atom. The van der Waals surface area contributed by atoms with Gasteiger partial charge in [0.1, 0.15) is 0 Å². The minimum atomic E-state index is -0.304. The standard InChI is InChI=1S/C12H18.C9H11FO/c1-3-5-6-12-9-7-11(4-2)8-10-12;1-7(2)11-9-6-4-3-5-8(9)10/h7-10H,3-6H2,1-2H3;3-7H,1-2H3. The fourth-order valence-electron chi connectivity index (χ4n) is 2.12. The molecular weight excluding hydrogens is 287 g/mol. The van der Waals surface area contributed by atoms with Gasteiger partial charge in [-0.2, -0.15) is 0 Å². The lowest BCUT2D eigenvalue weighted by molar-refractivity contribution is 0.231. The van der Waals surface area contributed by atoms with Crippen LogP contribution in [0.3, 0.4) is 0 Å². The topological polar surface area (TPSA) is 9.23 Å². The predicted octanol–water partition coefficient (Wildman–Crippen LogP) is 6.20. The summed E-state index contributed by atoms with van der Waals surface area (Å²) in [6.45, 7) is 8.17. The van der Waals surface area contributed by atoms with Crippen molar-refractivity contribution in [2.24, 2.45) is 0 Å². The molecule has 0 aromatic heterocycles. The molecule has 0 saturated carbocycles. The molecule has 0 aliphatic heterocycles. The Morgan fingerprint density at radius 2 is 1.52 bits per heavy atom. The van der Waals surface area contributed by atoms with Crippen LogP contribution in [0.25, 0.3) is 0 Å². The number of halogens is 1. The van der Waals surface area contributed by atoms with Gasteiger partial charge in [0.2, 0.25) is 0 Å². The van der Waals surface area contributed by atoms with Crippen LogP contribution >= 0.6 is 0 Å². The van der Waals surface area contributed by atoms with Crippen molar-refractivity contribution in [2.75, 3.05) is 0 Å². The maximum absolute atomic E-state index is 12.8. The van der Waals surface area contributed by atoms with Crippen molar-refractivity contribution < 1.29 is 9.13 Å². The number of unbranched alkanes of at least 4 members (excludes halogenated alkanes) is 1. The highest BCUT2D eigenvalue weighted by Crippen LogP contribution is 2.16. The molecule has 0 N–H and O–H groups in total. The third kappa shape index (κ3) is 7.83. The lowest BCUT2D eigenvalue weighted by Gasteiger charge is -2.09. The lowest BCUT2D eigenvalue weighted by Crippen LogP contribution is -2.06. The first-order valence-electron chi connectivity index (χ1n) is 8.55. The van der Waals surface area contributed by atoms with E-state index in [1.807, 2.05) is 13.8 Å². The lowest BCUT2D eigenvalue weighted by atomic mass is 10.1. The Balaban J connectivity index is 0.000000231. The van der Waals surface area contributed by atoms with Gasteiger partial charge in [-0.3, -0.25) is 0 Å². The number of ether oxygens (including phenoxy) is 1. The van der Waals surface area contributed by atoms with Crippen molar-refractivity contribution in [3.63, 3.8) is 0 Å². The van der Waals surface area contributed by atoms with Crippen LogP contribution in [-0.2, 0) is 12.8 Å². The third-order valence-corrected chi connectivity index (χ3v) is 3.45. The van der Waals surface area contributed by atoms with Crippen LogP contribution in [-0.4, -0.2) is 6.10 Å². The highest BCUT2D eigenvalue weighted by Gasteiger charge is 2.02. The molecule has 0 unspecified atom stereocenters. The van der Waals surface area contributed by atoms with Crippen LogP contribution in [0.5, 0.6) is 5.75 Å². The fourth-order valence-corrected chi connectivity index (χ4v) is 2.12. The van der Waals surface area contributed by atoms with E-state index in [1.165, 1.54) is 36.5 Å². The van der Waals surface area contributed by atoms with Gasteiger partial charge in [-0.25, -0.2) is 4.39 Å². The zero-order chi connectivity index (χ0) is 17.1. The van der Waals surface area contributed by atoms with Gasteiger partial charge in [0.15, 0.2) is 11.6 Å². The fraction of sp³-hybridized carbons (Fsp3) is 0.429. The van der Waals surface area contributed by atoms with Crippen LogP contribution in [0.15, 0.2) is 48.5 Å². The second-order valence-corrected chi connectivity index (χ2v) is 5.87. The van der Waals surface area contributed by atoms with E-state index in [0.717, 1.165) is 6.42 Å². The number of rotatable bonds is 6. The number of hydrogen-bond donors (Lipinski definition) is 0. The average Bonchev–Trinajstić information content (AvgIpc) is 2.56. The Labute approximate surface area is 140 Å². The molecule has 2 heteroatoms. The van der Waals surface area contributed by atoms with Gasteiger partial charge in [-0.1, -0.05) is 56.7 Å². The number of para-hydroxylation sites is 1. The van der Waals surface area contributed by atoms with Gasteiger partial charge in [0.05, 0.1) is 6.10 Å². The van der Waals surface area contributed by atoms with E-state index in [-0.39, 0.29) is 11.9 Å². The van der Waals surface area contributed by atoms with Gasteiger partial charge in [-0.15, -0.1) is 0 Å². The minimum absolute atomic E-state index is 0.0203. The molecule has 0 aliphatic carbocycles. The second-order valence-electron chi connectivity index (χ2n) is 5.87.